The van der Waals surface area contributed by atoms with Gasteiger partial charge in [0.15, 0.2) is 0 Å². The summed E-state index contributed by atoms with van der Waals surface area (Å²) >= 11 is 0. The Bertz CT molecular complexity index is 1310. The Morgan fingerprint density at radius 2 is 1.81 bits per heavy atom. The fraction of sp³-hybridized carbons (Fsp3) is 0.500. The molecule has 3 aliphatic rings. The van der Waals surface area contributed by atoms with E-state index in [-0.39, 0.29) is 41.8 Å². The van der Waals surface area contributed by atoms with Crippen molar-refractivity contribution >= 4 is 45.7 Å². The minimum atomic E-state index is -3.50. The smallest absolute Gasteiger partial charge is 0.256 e. The molecule has 2 aromatic rings. The number of nitrogens with zero attached hydrogens (tertiary/aromatic N) is 4. The van der Waals surface area contributed by atoms with Gasteiger partial charge in [-0.25, -0.2) is 13.4 Å². The number of hydrogen-bond donors (Lipinski definition) is 1. The third-order valence-corrected chi connectivity index (χ3v) is 9.34. The molecule has 1 N–H and O–H groups in total. The van der Waals surface area contributed by atoms with Crippen molar-refractivity contribution < 1.29 is 18.0 Å². The van der Waals surface area contributed by atoms with E-state index in [1.165, 1.54) is 4.31 Å². The zero-order valence-electron chi connectivity index (χ0n) is 21.4. The maximum absolute atomic E-state index is 13.7. The van der Waals surface area contributed by atoms with E-state index in [1.54, 1.807) is 23.1 Å². The Morgan fingerprint density at radius 3 is 2.41 bits per heavy atom. The molecule has 0 aliphatic carbocycles. The van der Waals surface area contributed by atoms with Gasteiger partial charge in [-0.15, -0.1) is 12.4 Å². The van der Waals surface area contributed by atoms with Crippen LogP contribution in [0.15, 0.2) is 30.5 Å². The highest BCUT2D eigenvalue weighted by Crippen LogP contribution is 2.36. The number of halogens is 1. The van der Waals surface area contributed by atoms with E-state index in [1.807, 2.05) is 27.0 Å². The molecule has 5 rings (SSSR count). The Morgan fingerprint density at radius 1 is 1.08 bits per heavy atom. The van der Waals surface area contributed by atoms with Crippen LogP contribution in [0, 0.1) is 19.8 Å². The number of nitrogens with one attached hydrogen (secondary N) is 1. The molecule has 3 aliphatic heterocycles. The van der Waals surface area contributed by atoms with Crippen LogP contribution in [0.4, 0.5) is 11.5 Å². The molecule has 1 unspecified atom stereocenters. The summed E-state index contributed by atoms with van der Waals surface area (Å²) in [5, 5.41) is 2.88. The summed E-state index contributed by atoms with van der Waals surface area (Å²) < 4.78 is 27.0. The highest BCUT2D eigenvalue weighted by molar-refractivity contribution is 7.93. The molecule has 37 heavy (non-hydrogen) atoms. The second kappa shape index (κ2) is 10.5. The molecule has 2 amide bonds. The normalized spacial score (nSPS) is 23.1. The van der Waals surface area contributed by atoms with E-state index in [9.17, 15) is 18.0 Å². The van der Waals surface area contributed by atoms with Crippen molar-refractivity contribution in [3.63, 3.8) is 0 Å². The Kier molecular flexibility index (Phi) is 7.71. The van der Waals surface area contributed by atoms with Crippen LogP contribution in [0.3, 0.4) is 0 Å². The predicted molar refractivity (Wildman–Crippen MR) is 146 cm³/mol. The monoisotopic (exact) mass is 547 g/mol. The molecule has 11 heteroatoms. The highest BCUT2D eigenvalue weighted by Gasteiger charge is 2.37. The molecule has 200 valence electrons. The van der Waals surface area contributed by atoms with Gasteiger partial charge in [0, 0.05) is 45.5 Å². The van der Waals surface area contributed by atoms with Crippen molar-refractivity contribution in [1.82, 2.24) is 15.2 Å². The molecule has 3 saturated heterocycles. The number of hydrogen-bond acceptors (Lipinski definition) is 6. The van der Waals surface area contributed by atoms with Crippen molar-refractivity contribution in [2.24, 2.45) is 5.92 Å². The summed E-state index contributed by atoms with van der Waals surface area (Å²) in [7, 11) is -3.50. The Labute approximate surface area is 224 Å². The van der Waals surface area contributed by atoms with Gasteiger partial charge in [0.25, 0.3) is 5.91 Å². The van der Waals surface area contributed by atoms with Gasteiger partial charge in [0.2, 0.25) is 15.9 Å². The molecular weight excluding hydrogens is 514 g/mol. The zero-order valence-corrected chi connectivity index (χ0v) is 23.1. The molecule has 3 fully saturated rings. The zero-order chi connectivity index (χ0) is 25.6. The number of carbonyl (C=O) groups is 2. The SMILES string of the molecule is Cc1cnc(N2CCN(C(=O)c3ccc([C@@H]4C(=O)NCC4C)cc3N3CCCS3(=O)=O)CC2)c(C)c1.Cl. The summed E-state index contributed by atoms with van der Waals surface area (Å²) in [6, 6.07) is 7.37. The van der Waals surface area contributed by atoms with Crippen LogP contribution in [-0.2, 0) is 14.8 Å². The van der Waals surface area contributed by atoms with E-state index in [0.717, 1.165) is 22.5 Å². The number of benzene rings is 1. The van der Waals surface area contributed by atoms with Gasteiger partial charge in [-0.1, -0.05) is 19.1 Å². The average molecular weight is 548 g/mol. The molecular formula is C26H34ClN5O4S. The number of aromatic nitrogens is 1. The quantitative estimate of drug-likeness (QED) is 0.631. The lowest BCUT2D eigenvalue weighted by Gasteiger charge is -2.36. The summed E-state index contributed by atoms with van der Waals surface area (Å²) in [5.41, 5.74) is 3.73. The first-order valence-electron chi connectivity index (χ1n) is 12.6. The fourth-order valence-corrected chi connectivity index (χ4v) is 7.17. The number of anilines is 2. The molecule has 1 aromatic carbocycles. The van der Waals surface area contributed by atoms with Crippen LogP contribution in [-0.4, -0.2) is 75.1 Å². The van der Waals surface area contributed by atoms with Gasteiger partial charge >= 0.3 is 0 Å². The largest absolute Gasteiger partial charge is 0.355 e. The maximum Gasteiger partial charge on any atom is 0.256 e. The molecule has 4 heterocycles. The molecule has 0 spiro atoms. The van der Waals surface area contributed by atoms with Crippen molar-refractivity contribution in [1.29, 1.82) is 0 Å². The number of pyridine rings is 1. The first-order valence-corrected chi connectivity index (χ1v) is 14.2. The number of amides is 2. The molecule has 2 atom stereocenters. The second-order valence-electron chi connectivity index (χ2n) is 10.2. The van der Waals surface area contributed by atoms with E-state index in [4.69, 9.17) is 0 Å². The van der Waals surface area contributed by atoms with Crippen LogP contribution in [0.25, 0.3) is 0 Å². The first-order chi connectivity index (χ1) is 17.2. The third-order valence-electron chi connectivity index (χ3n) is 7.48. The number of aryl methyl sites for hydroxylation is 2. The minimum Gasteiger partial charge on any atom is -0.355 e. The van der Waals surface area contributed by atoms with Gasteiger partial charge in [0.1, 0.15) is 5.82 Å². The van der Waals surface area contributed by atoms with Gasteiger partial charge in [-0.2, -0.15) is 0 Å². The van der Waals surface area contributed by atoms with E-state index >= 15 is 0 Å². The van der Waals surface area contributed by atoms with Crippen LogP contribution < -0.4 is 14.5 Å². The molecule has 0 bridgehead atoms. The van der Waals surface area contributed by atoms with Crippen LogP contribution in [0.1, 0.15) is 46.3 Å². The summed E-state index contributed by atoms with van der Waals surface area (Å²) in [4.78, 5) is 34.7. The molecule has 1 aromatic heterocycles. The van der Waals surface area contributed by atoms with Gasteiger partial charge in [-0.3, -0.25) is 13.9 Å². The van der Waals surface area contributed by atoms with Crippen molar-refractivity contribution in [3.8, 4) is 0 Å². The van der Waals surface area contributed by atoms with Crippen LogP contribution in [0.5, 0.6) is 0 Å². The Hall–Kier alpha value is -2.85. The van der Waals surface area contributed by atoms with Crippen molar-refractivity contribution in [2.45, 2.75) is 33.1 Å². The summed E-state index contributed by atoms with van der Waals surface area (Å²) in [5.74, 6) is 0.488. The first kappa shape index (κ1) is 27.2. The Balaban J connectivity index is 0.00000320. The number of piperazine rings is 1. The topological polar surface area (TPSA) is 103 Å². The standard InChI is InChI=1S/C26H33N5O4S.ClH/c1-17-13-18(2)24(27-15-17)29-8-10-30(11-9-29)26(33)21-6-5-20(23-19(3)16-28-25(23)32)14-22(21)31-7-4-12-36(31,34)35;/h5-6,13-15,19,23H,4,7-12,16H2,1-3H3,(H,28,32);1H/t19?,23-;/m1./s1. The fourth-order valence-electron chi connectivity index (χ4n) is 5.60. The average Bonchev–Trinajstić information content (AvgIpc) is 3.38. The number of carbonyl (C=O) groups excluding carboxylic acids is 2. The van der Waals surface area contributed by atoms with Crippen LogP contribution >= 0.6 is 12.4 Å². The second-order valence-corrected chi connectivity index (χ2v) is 12.2. The van der Waals surface area contributed by atoms with E-state index in [0.29, 0.717) is 56.9 Å². The van der Waals surface area contributed by atoms with Crippen LogP contribution in [0.2, 0.25) is 0 Å². The van der Waals surface area contributed by atoms with Gasteiger partial charge in [0.05, 0.1) is 22.9 Å². The molecule has 0 radical (unpaired) electrons. The minimum absolute atomic E-state index is 0. The van der Waals surface area contributed by atoms with E-state index < -0.39 is 10.0 Å². The van der Waals surface area contributed by atoms with Crippen molar-refractivity contribution in [2.75, 3.05) is 54.2 Å². The number of rotatable bonds is 4. The lowest BCUT2D eigenvalue weighted by atomic mass is 9.88. The summed E-state index contributed by atoms with van der Waals surface area (Å²) in [6.45, 7) is 9.32. The lowest BCUT2D eigenvalue weighted by Crippen LogP contribution is -2.49. The van der Waals surface area contributed by atoms with Crippen molar-refractivity contribution in [3.05, 3.63) is 52.7 Å². The van der Waals surface area contributed by atoms with E-state index in [2.05, 4.69) is 21.3 Å². The molecule has 0 saturated carbocycles. The van der Waals surface area contributed by atoms with Gasteiger partial charge in [-0.05, 0) is 55.0 Å². The predicted octanol–water partition coefficient (Wildman–Crippen LogP) is 2.47. The maximum atomic E-state index is 13.7. The third kappa shape index (κ3) is 5.13. The van der Waals surface area contributed by atoms with Gasteiger partial charge < -0.3 is 15.1 Å². The number of sulfonamides is 1. The summed E-state index contributed by atoms with van der Waals surface area (Å²) in [6.07, 6.45) is 2.37. The highest BCUT2D eigenvalue weighted by atomic mass is 35.5. The molecule has 9 nitrogen and oxygen atoms in total. The lowest BCUT2D eigenvalue weighted by molar-refractivity contribution is -0.120.